The van der Waals surface area contributed by atoms with Gasteiger partial charge < -0.3 is 24.7 Å². The van der Waals surface area contributed by atoms with Crippen LogP contribution in [-0.4, -0.2) is 13.1 Å². The maximum absolute atomic E-state index is 13.2. The number of aryl methyl sites for hydroxylation is 1. The summed E-state index contributed by atoms with van der Waals surface area (Å²) >= 11 is 20.1. The summed E-state index contributed by atoms with van der Waals surface area (Å²) < 4.78 is 23.8. The standard InChI is InChI=1S/C34H23Cl3N2O5S/c1-17-3-5-18(6-4-17)16-42-25-10-7-19(11-27(25)41-2)29-22-9-8-21(14-26(22)44-33(39)23(29)15-38)43-34(40)32-31(37)30-24(36)12-20(35)13-28(30)45-32/h3-14,29H,16,39H2,1-2H3. The minimum absolute atomic E-state index is 0.0591. The zero-order valence-corrected chi connectivity index (χ0v) is 26.9. The normalized spacial score (nSPS) is 14.0. The molecule has 0 spiro atoms. The average molecular weight is 678 g/mol. The van der Waals surface area contributed by atoms with Crippen molar-refractivity contribution in [1.82, 2.24) is 0 Å². The lowest BCUT2D eigenvalue weighted by Crippen LogP contribution is -2.21. The first-order valence-corrected chi connectivity index (χ1v) is 15.5. The van der Waals surface area contributed by atoms with E-state index in [2.05, 4.69) is 6.07 Å². The molecule has 0 fully saturated rings. The third-order valence-corrected chi connectivity index (χ3v) is 9.40. The smallest absolute Gasteiger partial charge is 0.355 e. The summed E-state index contributed by atoms with van der Waals surface area (Å²) in [5, 5.41) is 11.5. The number of halogens is 3. The second-order valence-corrected chi connectivity index (χ2v) is 12.5. The van der Waals surface area contributed by atoms with Crippen LogP contribution in [0, 0.1) is 18.3 Å². The maximum atomic E-state index is 13.2. The van der Waals surface area contributed by atoms with E-state index in [1.54, 1.807) is 43.5 Å². The molecule has 7 nitrogen and oxygen atoms in total. The van der Waals surface area contributed by atoms with Crippen LogP contribution in [0.4, 0.5) is 0 Å². The summed E-state index contributed by atoms with van der Waals surface area (Å²) in [5.41, 5.74) is 10.0. The summed E-state index contributed by atoms with van der Waals surface area (Å²) in [6.45, 7) is 2.39. The Bertz CT molecular complexity index is 2050. The molecule has 226 valence electrons. The van der Waals surface area contributed by atoms with E-state index < -0.39 is 11.9 Å². The van der Waals surface area contributed by atoms with Gasteiger partial charge in [-0.2, -0.15) is 5.26 Å². The van der Waals surface area contributed by atoms with E-state index in [0.29, 0.717) is 49.6 Å². The average Bonchev–Trinajstić information content (AvgIpc) is 3.36. The molecule has 2 N–H and O–H groups in total. The van der Waals surface area contributed by atoms with Crippen LogP contribution in [0.3, 0.4) is 0 Å². The highest BCUT2D eigenvalue weighted by molar-refractivity contribution is 7.21. The van der Waals surface area contributed by atoms with Gasteiger partial charge in [0, 0.05) is 26.7 Å². The van der Waals surface area contributed by atoms with Gasteiger partial charge in [-0.05, 0) is 48.4 Å². The van der Waals surface area contributed by atoms with Crippen molar-refractivity contribution in [3.63, 3.8) is 0 Å². The van der Waals surface area contributed by atoms with Crippen LogP contribution in [0.2, 0.25) is 15.1 Å². The predicted molar refractivity (Wildman–Crippen MR) is 176 cm³/mol. The van der Waals surface area contributed by atoms with Crippen LogP contribution in [0.15, 0.2) is 84.3 Å². The van der Waals surface area contributed by atoms with Crippen LogP contribution in [-0.2, 0) is 6.61 Å². The topological polar surface area (TPSA) is 104 Å². The Morgan fingerprint density at radius 2 is 1.80 bits per heavy atom. The number of fused-ring (bicyclic) bond motifs is 2. The van der Waals surface area contributed by atoms with Crippen LogP contribution in [0.25, 0.3) is 10.1 Å². The summed E-state index contributed by atoms with van der Waals surface area (Å²) in [4.78, 5) is 13.3. The summed E-state index contributed by atoms with van der Waals surface area (Å²) in [6, 6.07) is 23.8. The van der Waals surface area contributed by atoms with Crippen molar-refractivity contribution >= 4 is 62.2 Å². The number of carbonyl (C=O) groups is 1. The lowest BCUT2D eigenvalue weighted by Gasteiger charge is -2.27. The molecule has 1 aliphatic heterocycles. The number of methoxy groups -OCH3 is 1. The highest BCUT2D eigenvalue weighted by Gasteiger charge is 2.32. The van der Waals surface area contributed by atoms with Crippen molar-refractivity contribution < 1.29 is 23.7 Å². The molecule has 0 bridgehead atoms. The van der Waals surface area contributed by atoms with Gasteiger partial charge in [0.2, 0.25) is 5.88 Å². The van der Waals surface area contributed by atoms with Crippen LogP contribution < -0.4 is 24.7 Å². The van der Waals surface area contributed by atoms with E-state index in [4.69, 9.17) is 59.5 Å². The van der Waals surface area contributed by atoms with E-state index in [0.717, 1.165) is 22.5 Å². The van der Waals surface area contributed by atoms with Crippen molar-refractivity contribution in [2.75, 3.05) is 7.11 Å². The molecular weight excluding hydrogens is 655 g/mol. The fourth-order valence-corrected chi connectivity index (χ4v) is 7.31. The highest BCUT2D eigenvalue weighted by atomic mass is 35.5. The molecule has 0 amide bonds. The zero-order chi connectivity index (χ0) is 31.8. The van der Waals surface area contributed by atoms with Gasteiger partial charge in [0.25, 0.3) is 0 Å². The minimum Gasteiger partial charge on any atom is -0.493 e. The fourth-order valence-electron chi connectivity index (χ4n) is 5.07. The monoisotopic (exact) mass is 676 g/mol. The Kier molecular flexibility index (Phi) is 8.54. The third kappa shape index (κ3) is 6.00. The van der Waals surface area contributed by atoms with Gasteiger partial charge in [-0.3, -0.25) is 0 Å². The van der Waals surface area contributed by atoms with Gasteiger partial charge in [0.1, 0.15) is 34.6 Å². The highest BCUT2D eigenvalue weighted by Crippen LogP contribution is 2.46. The number of hydrogen-bond acceptors (Lipinski definition) is 8. The second kappa shape index (κ2) is 12.5. The predicted octanol–water partition coefficient (Wildman–Crippen LogP) is 9.19. The maximum Gasteiger partial charge on any atom is 0.355 e. The zero-order valence-electron chi connectivity index (χ0n) is 23.8. The Morgan fingerprint density at radius 1 is 1.02 bits per heavy atom. The lowest BCUT2D eigenvalue weighted by atomic mass is 9.83. The molecule has 0 aliphatic carbocycles. The van der Waals surface area contributed by atoms with Gasteiger partial charge in [0.15, 0.2) is 11.5 Å². The van der Waals surface area contributed by atoms with Gasteiger partial charge in [-0.25, -0.2) is 4.79 Å². The van der Waals surface area contributed by atoms with Gasteiger partial charge >= 0.3 is 5.97 Å². The Labute approximate surface area is 277 Å². The van der Waals surface area contributed by atoms with E-state index in [1.165, 1.54) is 5.56 Å². The van der Waals surface area contributed by atoms with E-state index in [-0.39, 0.29) is 27.1 Å². The molecule has 6 rings (SSSR count). The second-order valence-electron chi connectivity index (χ2n) is 10.2. The number of carbonyl (C=O) groups excluding carboxylic acids is 1. The number of benzene rings is 4. The quantitative estimate of drug-likeness (QED) is 0.135. The summed E-state index contributed by atoms with van der Waals surface area (Å²) in [7, 11) is 1.55. The van der Waals surface area contributed by atoms with Crippen molar-refractivity contribution in [3.05, 3.63) is 126 Å². The minimum atomic E-state index is -0.673. The van der Waals surface area contributed by atoms with Crippen molar-refractivity contribution in [1.29, 1.82) is 5.26 Å². The number of nitrogens with zero attached hydrogens (tertiary/aromatic N) is 1. The van der Waals surface area contributed by atoms with E-state index in [9.17, 15) is 10.1 Å². The molecule has 0 radical (unpaired) electrons. The first-order chi connectivity index (χ1) is 21.7. The van der Waals surface area contributed by atoms with Crippen LogP contribution >= 0.6 is 46.1 Å². The number of esters is 1. The van der Waals surface area contributed by atoms with Crippen molar-refractivity contribution in [2.45, 2.75) is 19.4 Å². The Morgan fingerprint density at radius 3 is 2.53 bits per heavy atom. The van der Waals surface area contributed by atoms with Crippen molar-refractivity contribution in [2.24, 2.45) is 5.73 Å². The molecular formula is C34H23Cl3N2O5S. The molecule has 1 aromatic heterocycles. The van der Waals surface area contributed by atoms with Crippen LogP contribution in [0.1, 0.15) is 37.8 Å². The number of nitriles is 1. The van der Waals surface area contributed by atoms with Gasteiger partial charge in [-0.15, -0.1) is 11.3 Å². The molecule has 4 aromatic carbocycles. The van der Waals surface area contributed by atoms with Crippen LogP contribution in [0.5, 0.6) is 23.0 Å². The number of ether oxygens (including phenoxy) is 4. The molecule has 1 atom stereocenters. The van der Waals surface area contributed by atoms with Crippen molar-refractivity contribution in [3.8, 4) is 29.1 Å². The third-order valence-electron chi connectivity index (χ3n) is 7.27. The molecule has 1 unspecified atom stereocenters. The Hall–Kier alpha value is -4.39. The van der Waals surface area contributed by atoms with Gasteiger partial charge in [0.05, 0.1) is 23.1 Å². The lowest BCUT2D eigenvalue weighted by molar-refractivity contribution is 0.0740. The van der Waals surface area contributed by atoms with Gasteiger partial charge in [-0.1, -0.05) is 76.8 Å². The fraction of sp³-hybridized carbons (Fsp3) is 0.118. The summed E-state index contributed by atoms with van der Waals surface area (Å²) in [5.74, 6) is 0.265. The number of rotatable bonds is 7. The van der Waals surface area contributed by atoms with E-state index in [1.807, 2.05) is 43.3 Å². The number of nitrogens with two attached hydrogens (primary N) is 1. The molecule has 0 saturated heterocycles. The molecule has 5 aromatic rings. The number of thiophene rings is 1. The SMILES string of the molecule is COc1cc(C2C(C#N)=C(N)Oc3cc(OC(=O)c4sc5cc(Cl)cc(Cl)c5c4Cl)ccc32)ccc1OCc1ccc(C)cc1. The first kappa shape index (κ1) is 30.6. The number of allylic oxidation sites excluding steroid dienone is 1. The molecule has 11 heteroatoms. The molecule has 45 heavy (non-hydrogen) atoms. The van der Waals surface area contributed by atoms with E-state index >= 15 is 0 Å². The molecule has 1 aliphatic rings. The summed E-state index contributed by atoms with van der Waals surface area (Å²) in [6.07, 6.45) is 0. The molecule has 2 heterocycles. The largest absolute Gasteiger partial charge is 0.493 e. The Balaban J connectivity index is 1.28. The first-order valence-electron chi connectivity index (χ1n) is 13.5. The molecule has 0 saturated carbocycles. The number of hydrogen-bond donors (Lipinski definition) is 1.